The maximum Gasteiger partial charge on any atom is 0.306 e. The van der Waals surface area contributed by atoms with E-state index in [1.54, 1.807) is 21.1 Å². The average molecular weight is 904 g/mol. The number of carboxylic acids is 1. The smallest absolute Gasteiger partial charge is 0.306 e. The van der Waals surface area contributed by atoms with Crippen molar-refractivity contribution in [1.29, 1.82) is 0 Å². The lowest BCUT2D eigenvalue weighted by Gasteiger charge is -2.34. The number of likely N-dealkylation sites (N-methyl/N-ethyl adjacent to an activating group) is 1. The van der Waals surface area contributed by atoms with Crippen molar-refractivity contribution in [2.24, 2.45) is 0 Å². The number of hydrogen-bond donors (Lipinski definition) is 0. The molecule has 0 aliphatic rings. The summed E-state index contributed by atoms with van der Waals surface area (Å²) in [5.74, 6) is -1.82. The van der Waals surface area contributed by atoms with Gasteiger partial charge in [-0.3, -0.25) is 9.59 Å². The van der Waals surface area contributed by atoms with Crippen LogP contribution in [0.4, 0.5) is 0 Å². The molecule has 0 aromatic heterocycles. The molecule has 0 saturated heterocycles. The number of nitrogens with zero attached hydrogens (tertiary/aromatic N) is 1. The molecule has 2 unspecified atom stereocenters. The van der Waals surface area contributed by atoms with Crippen LogP contribution in [0.15, 0.2) is 109 Å². The van der Waals surface area contributed by atoms with Crippen molar-refractivity contribution in [1.82, 2.24) is 0 Å². The Morgan fingerprint density at radius 3 is 1.31 bits per heavy atom. The molecule has 2 atom stereocenters. The number of esters is 2. The molecule has 0 heterocycles. The highest BCUT2D eigenvalue weighted by Gasteiger charge is 2.25. The lowest BCUT2D eigenvalue weighted by atomic mass is 10.1. The first-order valence-electron chi connectivity index (χ1n) is 25.4. The second kappa shape index (κ2) is 46.5. The van der Waals surface area contributed by atoms with E-state index in [9.17, 15) is 19.5 Å². The van der Waals surface area contributed by atoms with Gasteiger partial charge in [0.1, 0.15) is 12.6 Å². The van der Waals surface area contributed by atoms with Gasteiger partial charge in [-0.2, -0.15) is 0 Å². The zero-order valence-corrected chi connectivity index (χ0v) is 41.9. The molecule has 0 spiro atoms. The Morgan fingerprint density at radius 2 is 0.862 bits per heavy atom. The maximum absolute atomic E-state index is 12.8. The van der Waals surface area contributed by atoms with E-state index in [-0.39, 0.29) is 49.1 Å². The van der Waals surface area contributed by atoms with Gasteiger partial charge in [-0.05, 0) is 103 Å². The molecule has 8 heteroatoms. The molecule has 0 radical (unpaired) electrons. The summed E-state index contributed by atoms with van der Waals surface area (Å²) in [4.78, 5) is 37.0. The van der Waals surface area contributed by atoms with Crippen LogP contribution in [0.25, 0.3) is 0 Å². The van der Waals surface area contributed by atoms with Crippen molar-refractivity contribution in [3.63, 3.8) is 0 Å². The normalized spacial score (nSPS) is 13.8. The summed E-state index contributed by atoms with van der Waals surface area (Å²) in [5.41, 5.74) is 0. The van der Waals surface area contributed by atoms with Crippen molar-refractivity contribution >= 4 is 17.9 Å². The fraction of sp³-hybridized carbons (Fsp3) is 0.632. The van der Waals surface area contributed by atoms with Crippen molar-refractivity contribution < 1.29 is 38.2 Å². The van der Waals surface area contributed by atoms with Crippen LogP contribution in [0.3, 0.4) is 0 Å². The van der Waals surface area contributed by atoms with Gasteiger partial charge in [-0.15, -0.1) is 0 Å². The summed E-state index contributed by atoms with van der Waals surface area (Å²) in [5, 5.41) is 11.7. The molecular weight excluding hydrogens is 811 g/mol. The van der Waals surface area contributed by atoms with E-state index in [2.05, 4.69) is 123 Å². The van der Waals surface area contributed by atoms with E-state index in [0.717, 1.165) is 96.3 Å². The Kier molecular flexibility index (Phi) is 43.6. The van der Waals surface area contributed by atoms with E-state index >= 15 is 0 Å². The molecule has 0 aromatic carbocycles. The summed E-state index contributed by atoms with van der Waals surface area (Å²) in [7, 11) is 5.39. The largest absolute Gasteiger partial charge is 0.544 e. The van der Waals surface area contributed by atoms with E-state index in [4.69, 9.17) is 14.2 Å². The lowest BCUT2D eigenvalue weighted by Crippen LogP contribution is -2.55. The minimum Gasteiger partial charge on any atom is -0.544 e. The Labute approximate surface area is 398 Å². The quantitative estimate of drug-likeness (QED) is 0.0260. The standard InChI is InChI=1S/C57H93NO7/c1-6-8-10-12-14-16-18-20-22-24-26-28-30-31-33-35-37-39-41-43-45-47-55(59)64-52-53(51-63-50-49-54(57(61)62)58(3,4)5)65-56(60)48-46-44-42-40-38-36-34-32-29-27-25-23-21-19-17-15-13-11-9-7-2/h9,11,14-17,20-23,26-29,31,33,37,39,53-54H,6-8,10,12-13,18-19,24-25,30,32,34-36,38,40-52H2,1-5H3/b11-9+,16-14+,17-15+,22-20+,23-21+,28-26+,29-27+,33-31+,39-37+. The van der Waals surface area contributed by atoms with Gasteiger partial charge >= 0.3 is 11.9 Å². The van der Waals surface area contributed by atoms with Gasteiger partial charge in [0.05, 0.1) is 40.3 Å². The molecular formula is C57H93NO7. The minimum atomic E-state index is -1.14. The Balaban J connectivity index is 4.39. The first-order valence-corrected chi connectivity index (χ1v) is 25.4. The average Bonchev–Trinajstić information content (AvgIpc) is 3.27. The number of carboxylic acid groups (broad SMARTS) is 1. The summed E-state index contributed by atoms with van der Waals surface area (Å²) in [6, 6.07) is -0.742. The number of ether oxygens (including phenoxy) is 3. The van der Waals surface area contributed by atoms with Crippen molar-refractivity contribution in [3.05, 3.63) is 109 Å². The highest BCUT2D eigenvalue weighted by Crippen LogP contribution is 2.13. The number of hydrogen-bond acceptors (Lipinski definition) is 7. The Morgan fingerprint density at radius 1 is 0.477 bits per heavy atom. The molecule has 0 aliphatic heterocycles. The molecule has 368 valence electrons. The van der Waals surface area contributed by atoms with E-state index in [0.29, 0.717) is 12.8 Å². The fourth-order valence-corrected chi connectivity index (χ4v) is 6.73. The summed E-state index contributed by atoms with van der Waals surface area (Å²) >= 11 is 0. The predicted octanol–water partition coefficient (Wildman–Crippen LogP) is 13.5. The number of carbonyl (C=O) groups excluding carboxylic acids is 3. The number of aliphatic carboxylic acids is 1. The Bertz CT molecular complexity index is 1420. The van der Waals surface area contributed by atoms with Crippen LogP contribution in [0, 0.1) is 0 Å². The Hall–Kier alpha value is -4.01. The zero-order chi connectivity index (χ0) is 47.7. The monoisotopic (exact) mass is 904 g/mol. The molecule has 8 nitrogen and oxygen atoms in total. The molecule has 0 N–H and O–H groups in total. The molecule has 0 rings (SSSR count). The van der Waals surface area contributed by atoms with Gasteiger partial charge in [-0.25, -0.2) is 0 Å². The van der Waals surface area contributed by atoms with Crippen LogP contribution >= 0.6 is 0 Å². The molecule has 0 aromatic rings. The van der Waals surface area contributed by atoms with Crippen LogP contribution in [0.1, 0.15) is 181 Å². The van der Waals surface area contributed by atoms with Gasteiger partial charge in [0.25, 0.3) is 0 Å². The van der Waals surface area contributed by atoms with Gasteiger partial charge in [0.2, 0.25) is 0 Å². The minimum absolute atomic E-state index is 0.0150. The van der Waals surface area contributed by atoms with Crippen LogP contribution in [0.2, 0.25) is 0 Å². The van der Waals surface area contributed by atoms with Crippen LogP contribution in [-0.4, -0.2) is 75.5 Å². The van der Waals surface area contributed by atoms with Gasteiger partial charge < -0.3 is 28.6 Å². The molecule has 0 saturated carbocycles. The third kappa shape index (κ3) is 45.0. The van der Waals surface area contributed by atoms with Crippen molar-refractivity contribution in [2.45, 2.75) is 193 Å². The SMILES string of the molecule is CC/C=C/C/C=C/C/C=C/C/C=C/CCCCCCCCCC(=O)OC(COCCC(C(=O)[O-])[N+](C)(C)C)COC(=O)CCCC/C=C/C/C=C/C/C=C/C/C=C/C/C=C/CCCCC. The van der Waals surface area contributed by atoms with Gasteiger partial charge in [0, 0.05) is 19.3 Å². The topological polar surface area (TPSA) is 102 Å². The number of allylic oxidation sites excluding steroid dienone is 18. The molecule has 0 aliphatic carbocycles. The summed E-state index contributed by atoms with van der Waals surface area (Å²) in [6.45, 7) is 4.45. The van der Waals surface area contributed by atoms with E-state index in [1.165, 1.54) is 44.9 Å². The van der Waals surface area contributed by atoms with Gasteiger partial charge in [-0.1, -0.05) is 168 Å². The molecule has 0 bridgehead atoms. The van der Waals surface area contributed by atoms with Crippen LogP contribution in [-0.2, 0) is 28.6 Å². The second-order valence-electron chi connectivity index (χ2n) is 17.7. The van der Waals surface area contributed by atoms with E-state index in [1.807, 2.05) is 0 Å². The van der Waals surface area contributed by atoms with Crippen LogP contribution in [0.5, 0.6) is 0 Å². The first-order chi connectivity index (χ1) is 31.6. The zero-order valence-electron chi connectivity index (χ0n) is 41.9. The third-order valence-corrected chi connectivity index (χ3v) is 10.6. The second-order valence-corrected chi connectivity index (χ2v) is 17.7. The summed E-state index contributed by atoms with van der Waals surface area (Å²) in [6.07, 6.45) is 64.0. The fourth-order valence-electron chi connectivity index (χ4n) is 6.73. The van der Waals surface area contributed by atoms with Crippen molar-refractivity contribution in [2.75, 3.05) is 41.0 Å². The van der Waals surface area contributed by atoms with Crippen LogP contribution < -0.4 is 5.11 Å². The van der Waals surface area contributed by atoms with Gasteiger partial charge in [0.15, 0.2) is 6.10 Å². The number of quaternary nitrogens is 1. The van der Waals surface area contributed by atoms with Crippen molar-refractivity contribution in [3.8, 4) is 0 Å². The predicted molar refractivity (Wildman–Crippen MR) is 272 cm³/mol. The molecule has 0 fully saturated rings. The highest BCUT2D eigenvalue weighted by atomic mass is 16.6. The number of unbranched alkanes of at least 4 members (excludes halogenated alkanes) is 12. The number of rotatable bonds is 44. The number of carbonyl (C=O) groups is 3. The first kappa shape index (κ1) is 61.0. The third-order valence-electron chi connectivity index (χ3n) is 10.6. The molecule has 0 amide bonds. The highest BCUT2D eigenvalue weighted by molar-refractivity contribution is 5.70. The van der Waals surface area contributed by atoms with E-state index < -0.39 is 18.1 Å². The summed E-state index contributed by atoms with van der Waals surface area (Å²) < 4.78 is 17.2. The lowest BCUT2D eigenvalue weighted by molar-refractivity contribution is -0.889. The maximum atomic E-state index is 12.8. The molecule has 65 heavy (non-hydrogen) atoms.